The number of para-hydroxylation sites is 2. The van der Waals surface area contributed by atoms with Crippen LogP contribution in [0.3, 0.4) is 0 Å². The van der Waals surface area contributed by atoms with Gasteiger partial charge in [-0.2, -0.15) is 0 Å². The van der Waals surface area contributed by atoms with Crippen molar-refractivity contribution in [2.24, 2.45) is 0 Å². The highest BCUT2D eigenvalue weighted by molar-refractivity contribution is 6.15. The van der Waals surface area contributed by atoms with Crippen LogP contribution in [0.2, 0.25) is 0 Å². The van der Waals surface area contributed by atoms with Gasteiger partial charge in [-0.3, -0.25) is 9.13 Å². The van der Waals surface area contributed by atoms with Crippen molar-refractivity contribution in [3.63, 3.8) is 0 Å². The number of nitrogens with zero attached hydrogens (tertiary/aromatic N) is 6. The van der Waals surface area contributed by atoms with Crippen molar-refractivity contribution >= 4 is 43.6 Å². The molecule has 0 saturated heterocycles. The number of hydrogen-bond acceptors (Lipinski definition) is 5. The average molecular weight is 859 g/mol. The molecule has 5 heterocycles. The fraction of sp³-hybridized carbons (Fsp3) is 0. The molecule has 314 valence electrons. The molecule has 0 bridgehead atoms. The Kier molecular flexibility index (Phi) is 9.03. The number of hydrogen-bond donors (Lipinski definition) is 0. The summed E-state index contributed by atoms with van der Waals surface area (Å²) in [6, 6.07) is 80.0. The van der Waals surface area contributed by atoms with E-state index in [-0.39, 0.29) is 0 Å². The summed E-state index contributed by atoms with van der Waals surface area (Å²) in [5, 5.41) is 13.7. The third-order valence-electron chi connectivity index (χ3n) is 12.7. The Morgan fingerprint density at radius 1 is 0.299 bits per heavy atom. The number of aromatic nitrogens is 6. The molecule has 0 radical (unpaired) electrons. The lowest BCUT2D eigenvalue weighted by Crippen LogP contribution is -2.00. The first-order valence-corrected chi connectivity index (χ1v) is 22.4. The van der Waals surface area contributed by atoms with Gasteiger partial charge in [0.25, 0.3) is 0 Å². The summed E-state index contributed by atoms with van der Waals surface area (Å²) in [7, 11) is 0. The van der Waals surface area contributed by atoms with Crippen LogP contribution in [-0.2, 0) is 0 Å². The number of rotatable bonds is 8. The Balaban J connectivity index is 0.940. The van der Waals surface area contributed by atoms with Crippen molar-refractivity contribution in [1.29, 1.82) is 0 Å². The highest BCUT2D eigenvalue weighted by Crippen LogP contribution is 2.41. The highest BCUT2D eigenvalue weighted by atomic mass is 16.4. The molecule has 0 atom stereocenters. The van der Waals surface area contributed by atoms with Crippen LogP contribution in [0.4, 0.5) is 0 Å². The standard InChI is InChI=1S/C60H38N6O/c1-5-18-39(19-6-1)44-35-50(41-22-9-3-10-23-41)61-56(37-44)65-52-29-15-13-26-46(52)49-34-43(32-33-54(49)65)59-63-64-60(67-59)48-28-17-31-55-58(48)47-27-14-16-30-53(47)66(55)57-38-45(40-20-7-2-8-21-40)36-51(62-57)42-24-11-4-12-25-42/h1-38H. The Hall–Kier alpha value is -9.20. The lowest BCUT2D eigenvalue weighted by atomic mass is 10.0. The minimum absolute atomic E-state index is 0.440. The summed E-state index contributed by atoms with van der Waals surface area (Å²) in [5.74, 6) is 2.54. The zero-order chi connectivity index (χ0) is 44.3. The van der Waals surface area contributed by atoms with Gasteiger partial charge < -0.3 is 4.42 Å². The van der Waals surface area contributed by atoms with Crippen LogP contribution in [0.1, 0.15) is 0 Å². The largest absolute Gasteiger partial charge is 0.416 e. The molecule has 0 aliphatic carbocycles. The molecule has 13 aromatic rings. The summed E-state index contributed by atoms with van der Waals surface area (Å²) >= 11 is 0. The van der Waals surface area contributed by atoms with Crippen molar-refractivity contribution in [3.05, 3.63) is 231 Å². The van der Waals surface area contributed by atoms with Crippen LogP contribution in [0.25, 0.3) is 123 Å². The van der Waals surface area contributed by atoms with Gasteiger partial charge in [-0.05, 0) is 89.0 Å². The molecular weight excluding hydrogens is 821 g/mol. The molecule has 0 spiro atoms. The summed E-state index contributed by atoms with van der Waals surface area (Å²) in [4.78, 5) is 10.6. The van der Waals surface area contributed by atoms with Gasteiger partial charge in [-0.25, -0.2) is 9.97 Å². The Morgan fingerprint density at radius 3 is 1.36 bits per heavy atom. The van der Waals surface area contributed by atoms with E-state index in [2.05, 4.69) is 215 Å². The lowest BCUT2D eigenvalue weighted by molar-refractivity contribution is 0.585. The monoisotopic (exact) mass is 858 g/mol. The molecule has 0 saturated carbocycles. The second-order valence-corrected chi connectivity index (χ2v) is 16.7. The van der Waals surface area contributed by atoms with E-state index in [1.165, 1.54) is 0 Å². The summed E-state index contributed by atoms with van der Waals surface area (Å²) in [6.45, 7) is 0. The lowest BCUT2D eigenvalue weighted by Gasteiger charge is -2.13. The van der Waals surface area contributed by atoms with E-state index < -0.39 is 0 Å². The van der Waals surface area contributed by atoms with E-state index in [1.54, 1.807) is 0 Å². The van der Waals surface area contributed by atoms with E-state index in [1.807, 2.05) is 24.3 Å². The molecule has 0 unspecified atom stereocenters. The SMILES string of the molecule is c1ccc(-c2cc(-c3ccccc3)nc(-n3c4ccccc4c4cc(-c5nnc(-c6cccc7c6c6ccccc6n7-c6cc(-c7ccccc7)cc(-c7ccccc7)n6)o5)ccc43)c2)cc1. The molecule has 0 N–H and O–H groups in total. The van der Waals surface area contributed by atoms with Crippen LogP contribution < -0.4 is 0 Å². The van der Waals surface area contributed by atoms with Gasteiger partial charge in [0.05, 0.1) is 33.5 Å². The van der Waals surface area contributed by atoms with Crippen molar-refractivity contribution in [2.45, 2.75) is 0 Å². The minimum Gasteiger partial charge on any atom is -0.416 e. The van der Waals surface area contributed by atoms with Gasteiger partial charge in [-0.1, -0.05) is 164 Å². The van der Waals surface area contributed by atoms with Crippen LogP contribution >= 0.6 is 0 Å². The topological polar surface area (TPSA) is 74.6 Å². The normalized spacial score (nSPS) is 11.6. The van der Waals surface area contributed by atoms with E-state index in [0.717, 1.165) is 111 Å². The predicted molar refractivity (Wildman–Crippen MR) is 271 cm³/mol. The van der Waals surface area contributed by atoms with Crippen molar-refractivity contribution in [2.75, 3.05) is 0 Å². The molecule has 0 aliphatic rings. The van der Waals surface area contributed by atoms with Gasteiger partial charge >= 0.3 is 0 Å². The molecule has 0 amide bonds. The quantitative estimate of drug-likeness (QED) is 0.152. The van der Waals surface area contributed by atoms with Gasteiger partial charge in [0.15, 0.2) is 0 Å². The van der Waals surface area contributed by atoms with Crippen LogP contribution in [0, 0.1) is 0 Å². The maximum Gasteiger partial charge on any atom is 0.248 e. The Morgan fingerprint density at radius 2 is 0.761 bits per heavy atom. The molecule has 67 heavy (non-hydrogen) atoms. The van der Waals surface area contributed by atoms with Gasteiger partial charge in [-0.15, -0.1) is 10.2 Å². The summed E-state index contributed by atoms with van der Waals surface area (Å²) in [6.07, 6.45) is 0. The molecule has 5 aromatic heterocycles. The summed E-state index contributed by atoms with van der Waals surface area (Å²) in [5.41, 5.74) is 14.1. The first-order chi connectivity index (χ1) is 33.2. The average Bonchev–Trinajstić information content (AvgIpc) is 4.13. The first-order valence-electron chi connectivity index (χ1n) is 22.4. The second-order valence-electron chi connectivity index (χ2n) is 16.7. The smallest absolute Gasteiger partial charge is 0.248 e. The number of fused-ring (bicyclic) bond motifs is 6. The van der Waals surface area contributed by atoms with Crippen molar-refractivity contribution < 1.29 is 4.42 Å². The summed E-state index contributed by atoms with van der Waals surface area (Å²) < 4.78 is 11.2. The molecule has 13 rings (SSSR count). The minimum atomic E-state index is 0.440. The number of pyridine rings is 2. The van der Waals surface area contributed by atoms with E-state index in [4.69, 9.17) is 24.6 Å². The zero-order valence-electron chi connectivity index (χ0n) is 36.0. The maximum atomic E-state index is 6.70. The number of benzene rings is 8. The molecule has 7 heteroatoms. The first kappa shape index (κ1) is 38.3. The molecule has 7 nitrogen and oxygen atoms in total. The van der Waals surface area contributed by atoms with E-state index in [0.29, 0.717) is 11.8 Å². The van der Waals surface area contributed by atoms with Gasteiger partial charge in [0.1, 0.15) is 11.6 Å². The van der Waals surface area contributed by atoms with Gasteiger partial charge in [0, 0.05) is 43.8 Å². The van der Waals surface area contributed by atoms with Crippen molar-refractivity contribution in [1.82, 2.24) is 29.3 Å². The third-order valence-corrected chi connectivity index (χ3v) is 12.7. The Bertz CT molecular complexity index is 3850. The molecule has 0 aliphatic heterocycles. The fourth-order valence-corrected chi connectivity index (χ4v) is 9.62. The fourth-order valence-electron chi connectivity index (χ4n) is 9.62. The zero-order valence-corrected chi connectivity index (χ0v) is 36.0. The molecule has 0 fully saturated rings. The molecule has 8 aromatic carbocycles. The maximum absolute atomic E-state index is 6.70. The van der Waals surface area contributed by atoms with Crippen molar-refractivity contribution in [3.8, 4) is 79.3 Å². The predicted octanol–water partition coefficient (Wildman–Crippen LogP) is 15.1. The second kappa shape index (κ2) is 15.8. The van der Waals surface area contributed by atoms with Crippen LogP contribution in [-0.4, -0.2) is 29.3 Å². The van der Waals surface area contributed by atoms with Gasteiger partial charge in [0.2, 0.25) is 11.8 Å². The third kappa shape index (κ3) is 6.60. The molecular formula is C60H38N6O. The van der Waals surface area contributed by atoms with Crippen LogP contribution in [0.15, 0.2) is 235 Å². The van der Waals surface area contributed by atoms with E-state index >= 15 is 0 Å². The Labute approximate surface area is 385 Å². The van der Waals surface area contributed by atoms with Crippen LogP contribution in [0.5, 0.6) is 0 Å². The highest BCUT2D eigenvalue weighted by Gasteiger charge is 2.22. The van der Waals surface area contributed by atoms with E-state index in [9.17, 15) is 0 Å².